The van der Waals surface area contributed by atoms with Crippen LogP contribution in [0, 0.1) is 0 Å². The summed E-state index contributed by atoms with van der Waals surface area (Å²) in [6.07, 6.45) is 7.06. The van der Waals surface area contributed by atoms with Gasteiger partial charge in [0.05, 0.1) is 5.71 Å². The van der Waals surface area contributed by atoms with Crippen LogP contribution in [0.2, 0.25) is 0 Å². The van der Waals surface area contributed by atoms with Crippen LogP contribution < -0.4 is 0 Å². The first-order valence-corrected chi connectivity index (χ1v) is 4.80. The second-order valence-corrected chi connectivity index (χ2v) is 2.67. The molecular weight excluding hydrogens is 189 g/mol. The van der Waals surface area contributed by atoms with Gasteiger partial charge in [0.25, 0.3) is 0 Å². The van der Waals surface area contributed by atoms with Crippen molar-refractivity contribution in [3.8, 4) is 0 Å². The molecule has 0 aromatic carbocycles. The Kier molecular flexibility index (Phi) is 15.6. The number of hydrogen-bond acceptors (Lipinski definition) is 3. The van der Waals surface area contributed by atoms with Gasteiger partial charge in [0.1, 0.15) is 0 Å². The Morgan fingerprint density at radius 3 is 2.29 bits per heavy atom. The van der Waals surface area contributed by atoms with Gasteiger partial charge < -0.3 is 9.94 Å². The van der Waals surface area contributed by atoms with Crippen LogP contribution in [0.25, 0.3) is 0 Å². The first-order valence-electron chi connectivity index (χ1n) is 4.80. The number of rotatable bonds is 2. The van der Waals surface area contributed by atoms with E-state index in [4.69, 9.17) is 9.94 Å². The first-order chi connectivity index (χ1) is 6.35. The van der Waals surface area contributed by atoms with Gasteiger partial charge >= 0.3 is 29.6 Å². The Morgan fingerprint density at radius 1 is 1.43 bits per heavy atom. The third-order valence-electron chi connectivity index (χ3n) is 1.65. The normalized spacial score (nSPS) is 16.9. The molecule has 0 saturated carbocycles. The molecule has 0 bridgehead atoms. The minimum absolute atomic E-state index is 0. The van der Waals surface area contributed by atoms with E-state index in [0.717, 1.165) is 38.2 Å². The fourth-order valence-electron chi connectivity index (χ4n) is 0.991. The van der Waals surface area contributed by atoms with E-state index in [2.05, 4.69) is 5.16 Å². The van der Waals surface area contributed by atoms with Crippen molar-refractivity contribution in [3.05, 3.63) is 12.2 Å². The van der Waals surface area contributed by atoms with Gasteiger partial charge in [-0.25, -0.2) is 0 Å². The van der Waals surface area contributed by atoms with Crippen molar-refractivity contribution in [3.63, 3.8) is 0 Å². The van der Waals surface area contributed by atoms with Gasteiger partial charge in [-0.2, -0.15) is 0 Å². The summed E-state index contributed by atoms with van der Waals surface area (Å²) in [5, 5.41) is 11.3. The molecule has 3 nitrogen and oxygen atoms in total. The molecule has 0 aliphatic heterocycles. The van der Waals surface area contributed by atoms with Crippen LogP contribution in [0.5, 0.6) is 0 Å². The Hall–Kier alpha value is 0.170. The standard InChI is InChI=1S/C6H9NO.C4H10O.Na.H/c8-7-6-4-2-1-3-5-6;1-3-5-4-2;;/h2,4,8H,1,3,5H2;3-4H2,1-2H3;;/b7-6+;;;. The third-order valence-corrected chi connectivity index (χ3v) is 1.65. The number of hydrogen-bond donors (Lipinski definition) is 1. The summed E-state index contributed by atoms with van der Waals surface area (Å²) < 4.78 is 4.83. The summed E-state index contributed by atoms with van der Waals surface area (Å²) in [7, 11) is 0. The Morgan fingerprint density at radius 2 is 2.07 bits per heavy atom. The molecule has 0 amide bonds. The quantitative estimate of drug-likeness (QED) is 0.429. The second kappa shape index (κ2) is 13.2. The molecule has 0 heterocycles. The van der Waals surface area contributed by atoms with Gasteiger partial charge in [0, 0.05) is 13.2 Å². The van der Waals surface area contributed by atoms with E-state index in [1.54, 1.807) is 0 Å². The van der Waals surface area contributed by atoms with Gasteiger partial charge in [-0.3, -0.25) is 0 Å². The van der Waals surface area contributed by atoms with Gasteiger partial charge in [-0.15, -0.1) is 0 Å². The van der Waals surface area contributed by atoms with Gasteiger partial charge in [0.15, 0.2) is 0 Å². The van der Waals surface area contributed by atoms with Gasteiger partial charge in [0.2, 0.25) is 0 Å². The van der Waals surface area contributed by atoms with Crippen molar-refractivity contribution in [2.45, 2.75) is 33.1 Å². The van der Waals surface area contributed by atoms with E-state index < -0.39 is 0 Å². The molecule has 0 unspecified atom stereocenters. The van der Waals surface area contributed by atoms with Crippen molar-refractivity contribution in [1.82, 2.24) is 0 Å². The molecule has 0 spiro atoms. The molecule has 0 radical (unpaired) electrons. The molecule has 1 aliphatic carbocycles. The number of ether oxygens (including phenoxy) is 1. The molecule has 0 saturated heterocycles. The monoisotopic (exact) mass is 209 g/mol. The fraction of sp³-hybridized carbons (Fsp3) is 0.700. The number of allylic oxidation sites excluding steroid dienone is 2. The van der Waals surface area contributed by atoms with Crippen LogP contribution in [0.3, 0.4) is 0 Å². The molecule has 14 heavy (non-hydrogen) atoms. The van der Waals surface area contributed by atoms with E-state index in [9.17, 15) is 0 Å². The second-order valence-electron chi connectivity index (χ2n) is 2.67. The van der Waals surface area contributed by atoms with Crippen LogP contribution >= 0.6 is 0 Å². The zero-order chi connectivity index (χ0) is 9.94. The molecular formula is C10H20NNaO2. The maximum atomic E-state index is 8.23. The Bertz CT molecular complexity index is 168. The predicted octanol–water partition coefficient (Wildman–Crippen LogP) is 1.95. The molecule has 0 aromatic heterocycles. The molecule has 1 aliphatic rings. The van der Waals surface area contributed by atoms with E-state index in [0.29, 0.717) is 0 Å². The van der Waals surface area contributed by atoms with E-state index in [-0.39, 0.29) is 29.6 Å². The van der Waals surface area contributed by atoms with Crippen LogP contribution in [-0.2, 0) is 4.74 Å². The molecule has 0 atom stereocenters. The van der Waals surface area contributed by atoms with Crippen LogP contribution in [-0.4, -0.2) is 53.7 Å². The average Bonchev–Trinajstić information content (AvgIpc) is 2.21. The molecule has 0 aromatic rings. The number of nitrogens with zero attached hydrogens (tertiary/aromatic N) is 1. The molecule has 1 rings (SSSR count). The summed E-state index contributed by atoms with van der Waals surface area (Å²) in [5.41, 5.74) is 0.802. The Labute approximate surface area is 109 Å². The molecule has 78 valence electrons. The van der Waals surface area contributed by atoms with E-state index >= 15 is 0 Å². The van der Waals surface area contributed by atoms with Crippen molar-refractivity contribution >= 4 is 35.3 Å². The van der Waals surface area contributed by atoms with Crippen molar-refractivity contribution in [2.24, 2.45) is 5.16 Å². The first kappa shape index (κ1) is 16.6. The zero-order valence-corrected chi connectivity index (χ0v) is 8.49. The summed E-state index contributed by atoms with van der Waals surface area (Å²) in [6, 6.07) is 0. The van der Waals surface area contributed by atoms with Crippen LogP contribution in [0.1, 0.15) is 33.1 Å². The van der Waals surface area contributed by atoms with Crippen molar-refractivity contribution in [2.75, 3.05) is 13.2 Å². The SMILES string of the molecule is CCOCC.O/N=C1\C=CCCC1.[NaH]. The van der Waals surface area contributed by atoms with E-state index in [1.807, 2.05) is 26.0 Å². The van der Waals surface area contributed by atoms with Crippen LogP contribution in [0.15, 0.2) is 17.3 Å². The predicted molar refractivity (Wildman–Crippen MR) is 61.5 cm³/mol. The van der Waals surface area contributed by atoms with E-state index in [1.165, 1.54) is 0 Å². The minimum atomic E-state index is 0. The molecule has 0 fully saturated rings. The number of oxime groups is 1. The van der Waals surface area contributed by atoms with Crippen molar-refractivity contribution in [1.29, 1.82) is 0 Å². The zero-order valence-electron chi connectivity index (χ0n) is 8.49. The van der Waals surface area contributed by atoms with Crippen LogP contribution in [0.4, 0.5) is 0 Å². The summed E-state index contributed by atoms with van der Waals surface area (Å²) in [6.45, 7) is 5.67. The van der Waals surface area contributed by atoms with Gasteiger partial charge in [-0.1, -0.05) is 11.2 Å². The Balaban J connectivity index is 0. The third kappa shape index (κ3) is 10.3. The maximum absolute atomic E-state index is 8.23. The average molecular weight is 209 g/mol. The van der Waals surface area contributed by atoms with Crippen molar-refractivity contribution < 1.29 is 9.94 Å². The molecule has 1 N–H and O–H groups in total. The summed E-state index contributed by atoms with van der Waals surface area (Å²) in [5.74, 6) is 0. The summed E-state index contributed by atoms with van der Waals surface area (Å²) in [4.78, 5) is 0. The molecule has 4 heteroatoms. The summed E-state index contributed by atoms with van der Waals surface area (Å²) >= 11 is 0. The fourth-order valence-corrected chi connectivity index (χ4v) is 0.991. The van der Waals surface area contributed by atoms with Gasteiger partial charge in [-0.05, 0) is 39.2 Å². The topological polar surface area (TPSA) is 41.8 Å².